The number of nitrogens with zero attached hydrogens (tertiary/aromatic N) is 1. The molecule has 1 amide bonds. The van der Waals surface area contributed by atoms with Crippen molar-refractivity contribution in [2.75, 3.05) is 12.3 Å². The highest BCUT2D eigenvalue weighted by molar-refractivity contribution is 6.33. The molecule has 3 rings (SSSR count). The monoisotopic (exact) mass is 304 g/mol. The summed E-state index contributed by atoms with van der Waals surface area (Å²) in [6.07, 6.45) is 0.666. The van der Waals surface area contributed by atoms with Gasteiger partial charge in [-0.1, -0.05) is 29.8 Å². The molecule has 0 unspecified atom stereocenters. The van der Waals surface area contributed by atoms with E-state index in [1.165, 1.54) is 18.2 Å². The van der Waals surface area contributed by atoms with Crippen LogP contribution in [0.15, 0.2) is 36.4 Å². The van der Waals surface area contributed by atoms with Gasteiger partial charge in [0, 0.05) is 18.8 Å². The first-order chi connectivity index (χ1) is 10.1. The molecule has 0 radical (unpaired) electrons. The van der Waals surface area contributed by atoms with Crippen molar-refractivity contribution in [3.8, 4) is 0 Å². The molecule has 1 aliphatic rings. The minimum atomic E-state index is -0.592. The predicted molar refractivity (Wildman–Crippen MR) is 80.7 cm³/mol. The van der Waals surface area contributed by atoms with E-state index in [4.69, 9.17) is 17.3 Å². The summed E-state index contributed by atoms with van der Waals surface area (Å²) in [4.78, 5) is 14.1. The number of benzene rings is 2. The van der Waals surface area contributed by atoms with Crippen LogP contribution in [0.5, 0.6) is 0 Å². The van der Waals surface area contributed by atoms with E-state index in [-0.39, 0.29) is 16.5 Å². The van der Waals surface area contributed by atoms with Crippen molar-refractivity contribution in [1.29, 1.82) is 0 Å². The lowest BCUT2D eigenvalue weighted by atomic mass is 9.97. The van der Waals surface area contributed by atoms with E-state index >= 15 is 0 Å². The van der Waals surface area contributed by atoms with Gasteiger partial charge >= 0.3 is 0 Å². The lowest BCUT2D eigenvalue weighted by Gasteiger charge is -2.30. The van der Waals surface area contributed by atoms with Crippen molar-refractivity contribution in [3.63, 3.8) is 0 Å². The number of hydrogen-bond donors (Lipinski definition) is 1. The zero-order chi connectivity index (χ0) is 15.0. The van der Waals surface area contributed by atoms with Gasteiger partial charge < -0.3 is 10.6 Å². The van der Waals surface area contributed by atoms with Gasteiger partial charge in [-0.05, 0) is 35.7 Å². The Labute approximate surface area is 127 Å². The van der Waals surface area contributed by atoms with Gasteiger partial charge in [-0.25, -0.2) is 4.39 Å². The number of carbonyl (C=O) groups is 1. The molecule has 0 aliphatic carbocycles. The highest BCUT2D eigenvalue weighted by Crippen LogP contribution is 2.27. The van der Waals surface area contributed by atoms with Gasteiger partial charge in [0.05, 0.1) is 10.6 Å². The molecule has 0 saturated carbocycles. The van der Waals surface area contributed by atoms with Crippen LogP contribution >= 0.6 is 11.6 Å². The average Bonchev–Trinajstić information content (AvgIpc) is 2.47. The summed E-state index contributed by atoms with van der Waals surface area (Å²) in [5, 5.41) is 0.137. The van der Waals surface area contributed by atoms with Crippen molar-refractivity contribution in [3.05, 3.63) is 63.9 Å². The third-order valence-corrected chi connectivity index (χ3v) is 4.08. The Morgan fingerprint density at radius 2 is 2.00 bits per heavy atom. The molecule has 1 aliphatic heterocycles. The number of anilines is 1. The Kier molecular flexibility index (Phi) is 3.55. The van der Waals surface area contributed by atoms with Gasteiger partial charge in [-0.2, -0.15) is 0 Å². The minimum absolute atomic E-state index is 0.0634. The fraction of sp³-hybridized carbons (Fsp3) is 0.188. The number of carbonyl (C=O) groups excluding carboxylic acids is 1. The lowest BCUT2D eigenvalue weighted by Crippen LogP contribution is -2.36. The number of nitrogens with two attached hydrogens (primary N) is 1. The maximum atomic E-state index is 13.9. The summed E-state index contributed by atoms with van der Waals surface area (Å²) >= 11 is 5.96. The molecular formula is C16H14ClFN2O. The number of fused-ring (bicyclic) bond motifs is 1. The van der Waals surface area contributed by atoms with Crippen molar-refractivity contribution in [2.45, 2.75) is 13.0 Å². The zero-order valence-electron chi connectivity index (χ0n) is 11.3. The van der Waals surface area contributed by atoms with Crippen LogP contribution in [-0.4, -0.2) is 17.4 Å². The highest BCUT2D eigenvalue weighted by Gasteiger charge is 2.26. The molecule has 21 heavy (non-hydrogen) atoms. The first kappa shape index (κ1) is 13.9. The number of hydrogen-bond acceptors (Lipinski definition) is 2. The minimum Gasteiger partial charge on any atom is -0.398 e. The molecule has 108 valence electrons. The number of nitrogen functional groups attached to an aromatic ring is 1. The fourth-order valence-corrected chi connectivity index (χ4v) is 2.92. The smallest absolute Gasteiger partial charge is 0.258 e. The van der Waals surface area contributed by atoms with Crippen LogP contribution in [0, 0.1) is 5.82 Å². The van der Waals surface area contributed by atoms with E-state index in [2.05, 4.69) is 0 Å². The second-order valence-electron chi connectivity index (χ2n) is 5.06. The van der Waals surface area contributed by atoms with Crippen molar-refractivity contribution >= 4 is 23.2 Å². The topological polar surface area (TPSA) is 46.3 Å². The van der Waals surface area contributed by atoms with Crippen LogP contribution in [0.1, 0.15) is 21.5 Å². The molecule has 2 aromatic rings. The van der Waals surface area contributed by atoms with Gasteiger partial charge in [0.2, 0.25) is 0 Å². The fourth-order valence-electron chi connectivity index (χ4n) is 2.67. The van der Waals surface area contributed by atoms with Crippen LogP contribution in [-0.2, 0) is 13.0 Å². The molecule has 0 aromatic heterocycles. The Morgan fingerprint density at radius 1 is 1.24 bits per heavy atom. The molecule has 0 bridgehead atoms. The highest BCUT2D eigenvalue weighted by atomic mass is 35.5. The quantitative estimate of drug-likeness (QED) is 0.822. The molecule has 1 heterocycles. The van der Waals surface area contributed by atoms with Crippen LogP contribution in [0.25, 0.3) is 0 Å². The molecule has 3 nitrogen and oxygen atoms in total. The second kappa shape index (κ2) is 5.37. The normalized spacial score (nSPS) is 13.9. The van der Waals surface area contributed by atoms with E-state index < -0.39 is 5.82 Å². The summed E-state index contributed by atoms with van der Waals surface area (Å²) in [6.45, 7) is 0.925. The Balaban J connectivity index is 1.91. The molecule has 2 aromatic carbocycles. The van der Waals surface area contributed by atoms with Gasteiger partial charge in [0.1, 0.15) is 5.82 Å². The average molecular weight is 305 g/mol. The van der Waals surface area contributed by atoms with E-state index in [0.29, 0.717) is 19.5 Å². The molecule has 0 saturated heterocycles. The van der Waals surface area contributed by atoms with E-state index in [9.17, 15) is 9.18 Å². The maximum Gasteiger partial charge on any atom is 0.258 e. The molecule has 0 spiro atoms. The Morgan fingerprint density at radius 3 is 2.76 bits per heavy atom. The van der Waals surface area contributed by atoms with Crippen LogP contribution in [0.3, 0.4) is 0 Å². The second-order valence-corrected chi connectivity index (χ2v) is 5.47. The third kappa shape index (κ3) is 2.47. The van der Waals surface area contributed by atoms with E-state index in [1.807, 2.05) is 18.2 Å². The maximum absolute atomic E-state index is 13.9. The SMILES string of the molecule is Nc1cccc2c1CCN(C(=O)c1c(F)cccc1Cl)C2. The van der Waals surface area contributed by atoms with E-state index in [0.717, 1.165) is 16.8 Å². The van der Waals surface area contributed by atoms with Crippen molar-refractivity contribution in [1.82, 2.24) is 4.90 Å². The van der Waals surface area contributed by atoms with Gasteiger partial charge in [0.15, 0.2) is 0 Å². The molecule has 5 heteroatoms. The van der Waals surface area contributed by atoms with Gasteiger partial charge in [0.25, 0.3) is 5.91 Å². The summed E-state index contributed by atoms with van der Waals surface area (Å²) in [5.41, 5.74) is 8.69. The standard InChI is InChI=1S/C16H14ClFN2O/c17-12-4-2-5-13(18)15(12)16(21)20-8-7-11-10(9-20)3-1-6-14(11)19/h1-6H,7-9,19H2. The third-order valence-electron chi connectivity index (χ3n) is 3.77. The summed E-state index contributed by atoms with van der Waals surface area (Å²) in [5.74, 6) is -0.975. The first-order valence-electron chi connectivity index (χ1n) is 6.67. The predicted octanol–water partition coefficient (Wildman–Crippen LogP) is 3.26. The lowest BCUT2D eigenvalue weighted by molar-refractivity contribution is 0.0730. The Bertz CT molecular complexity index is 697. The largest absolute Gasteiger partial charge is 0.398 e. The van der Waals surface area contributed by atoms with Crippen molar-refractivity contribution < 1.29 is 9.18 Å². The van der Waals surface area contributed by atoms with Gasteiger partial charge in [-0.3, -0.25) is 4.79 Å². The van der Waals surface area contributed by atoms with Crippen LogP contribution in [0.4, 0.5) is 10.1 Å². The summed E-state index contributed by atoms with van der Waals surface area (Å²) < 4.78 is 13.9. The zero-order valence-corrected chi connectivity index (χ0v) is 12.0. The first-order valence-corrected chi connectivity index (χ1v) is 7.05. The number of rotatable bonds is 1. The van der Waals surface area contributed by atoms with Crippen LogP contribution in [0.2, 0.25) is 5.02 Å². The van der Waals surface area contributed by atoms with Crippen molar-refractivity contribution in [2.24, 2.45) is 0 Å². The summed E-state index contributed by atoms with van der Waals surface area (Å²) in [6, 6.07) is 9.90. The van der Waals surface area contributed by atoms with E-state index in [1.54, 1.807) is 4.90 Å². The van der Waals surface area contributed by atoms with Crippen LogP contribution < -0.4 is 5.73 Å². The molecule has 0 fully saturated rings. The summed E-state index contributed by atoms with van der Waals surface area (Å²) in [7, 11) is 0. The number of halogens is 2. The Hall–Kier alpha value is -2.07. The molecule has 0 atom stereocenters. The molecular weight excluding hydrogens is 291 g/mol. The van der Waals surface area contributed by atoms with Gasteiger partial charge in [-0.15, -0.1) is 0 Å². The number of amides is 1. The molecule has 2 N–H and O–H groups in total.